The maximum Gasteiger partial charge on any atom is 0.314 e. The molecule has 0 saturated carbocycles. The Bertz CT molecular complexity index is 413. The number of aromatic hydroxyl groups is 1. The van der Waals surface area contributed by atoms with Crippen LogP contribution < -0.4 is 16.2 Å². The molecule has 0 bridgehead atoms. The Morgan fingerprint density at radius 2 is 2.18 bits per heavy atom. The first-order valence-electron chi connectivity index (χ1n) is 4.52. The van der Waals surface area contributed by atoms with E-state index >= 15 is 0 Å². The predicted molar refractivity (Wildman–Crippen MR) is 64.5 cm³/mol. The smallest absolute Gasteiger partial charge is 0.314 e. The maximum absolute atomic E-state index is 10.7. The van der Waals surface area contributed by atoms with Crippen LogP contribution in [0.5, 0.6) is 11.5 Å². The van der Waals surface area contributed by atoms with Crippen LogP contribution in [0.25, 0.3) is 0 Å². The van der Waals surface area contributed by atoms with Crippen LogP contribution in [0.1, 0.15) is 11.6 Å². The second-order valence-corrected chi connectivity index (χ2v) is 3.19. The fourth-order valence-electron chi connectivity index (χ4n) is 1.26. The number of nitrogens with zero attached hydrogens (tertiary/aromatic N) is 1. The minimum atomic E-state index is -0.704. The number of hydrogen-bond acceptors (Lipinski definition) is 6. The van der Waals surface area contributed by atoms with Crippen LogP contribution in [-0.2, 0) is 0 Å². The van der Waals surface area contributed by atoms with Crippen LogP contribution >= 0.6 is 12.4 Å². The first-order chi connectivity index (χ1) is 7.51. The molecule has 0 unspecified atom stereocenters. The highest BCUT2D eigenvalue weighted by Crippen LogP contribution is 2.37. The zero-order valence-corrected chi connectivity index (χ0v) is 9.94. The van der Waals surface area contributed by atoms with Gasteiger partial charge < -0.3 is 21.3 Å². The Hall–Kier alpha value is -1.57. The average molecular weight is 264 g/mol. The number of ether oxygens (including phenoxy) is 1. The van der Waals surface area contributed by atoms with E-state index in [2.05, 4.69) is 0 Å². The number of rotatable bonds is 4. The molecular formula is C9H14ClN3O4. The molecule has 0 radical (unpaired) electrons. The number of hydrogen-bond donors (Lipinski definition) is 3. The zero-order chi connectivity index (χ0) is 12.3. The standard InChI is InChI=1S/C9H13N3O4.ClH/c1-16-8-3-5(6(11)4-10)2-7(9(8)13)12(14)15;/h2-3,6,13H,4,10-11H2,1H3;1H/t6-;/m0./s1. The van der Waals surface area contributed by atoms with E-state index in [0.717, 1.165) is 0 Å². The van der Waals surface area contributed by atoms with Gasteiger partial charge in [-0.05, 0) is 11.6 Å². The van der Waals surface area contributed by atoms with Crippen molar-refractivity contribution in [2.45, 2.75) is 6.04 Å². The summed E-state index contributed by atoms with van der Waals surface area (Å²) in [5.41, 5.74) is 11.0. The van der Waals surface area contributed by atoms with Gasteiger partial charge in [0.2, 0.25) is 5.75 Å². The highest BCUT2D eigenvalue weighted by atomic mass is 35.5. The van der Waals surface area contributed by atoms with Gasteiger partial charge >= 0.3 is 5.69 Å². The molecule has 8 heteroatoms. The molecule has 5 N–H and O–H groups in total. The van der Waals surface area contributed by atoms with E-state index in [9.17, 15) is 15.2 Å². The summed E-state index contributed by atoms with van der Waals surface area (Å²) >= 11 is 0. The van der Waals surface area contributed by atoms with Crippen molar-refractivity contribution in [3.05, 3.63) is 27.8 Å². The highest BCUT2D eigenvalue weighted by Gasteiger charge is 2.21. The average Bonchev–Trinajstić information content (AvgIpc) is 2.27. The van der Waals surface area contributed by atoms with Crippen LogP contribution in [0, 0.1) is 10.1 Å². The van der Waals surface area contributed by atoms with Gasteiger partial charge in [-0.2, -0.15) is 0 Å². The van der Waals surface area contributed by atoms with Crippen LogP contribution in [-0.4, -0.2) is 23.7 Å². The van der Waals surface area contributed by atoms with E-state index in [1.165, 1.54) is 19.2 Å². The summed E-state index contributed by atoms with van der Waals surface area (Å²) in [5, 5.41) is 20.2. The van der Waals surface area contributed by atoms with Gasteiger partial charge in [0, 0.05) is 18.7 Å². The summed E-state index contributed by atoms with van der Waals surface area (Å²) in [6.45, 7) is 0.144. The minimum absolute atomic E-state index is 0. The molecule has 0 heterocycles. The fourth-order valence-corrected chi connectivity index (χ4v) is 1.26. The number of phenolic OH excluding ortho intramolecular Hbond substituents is 1. The normalized spacial score (nSPS) is 11.5. The number of halogens is 1. The molecule has 0 fully saturated rings. The minimum Gasteiger partial charge on any atom is -0.500 e. The zero-order valence-electron chi connectivity index (χ0n) is 9.12. The quantitative estimate of drug-likeness (QED) is 0.542. The van der Waals surface area contributed by atoms with E-state index in [-0.39, 0.29) is 24.7 Å². The lowest BCUT2D eigenvalue weighted by molar-refractivity contribution is -0.386. The molecule has 1 atom stereocenters. The van der Waals surface area contributed by atoms with Crippen molar-refractivity contribution in [3.8, 4) is 11.5 Å². The number of benzene rings is 1. The third-order valence-electron chi connectivity index (χ3n) is 2.18. The number of nitro groups is 1. The van der Waals surface area contributed by atoms with E-state index in [0.29, 0.717) is 5.56 Å². The van der Waals surface area contributed by atoms with Crippen molar-refractivity contribution >= 4 is 18.1 Å². The van der Waals surface area contributed by atoms with Crippen LogP contribution in [0.2, 0.25) is 0 Å². The summed E-state index contributed by atoms with van der Waals surface area (Å²) in [6.07, 6.45) is 0. The molecule has 0 aliphatic carbocycles. The van der Waals surface area contributed by atoms with Gasteiger partial charge in [-0.15, -0.1) is 12.4 Å². The topological polar surface area (TPSA) is 125 Å². The number of methoxy groups -OCH3 is 1. The van der Waals surface area contributed by atoms with E-state index in [1.54, 1.807) is 0 Å². The Kier molecular flexibility index (Phi) is 5.66. The molecule has 96 valence electrons. The third kappa shape index (κ3) is 3.19. The van der Waals surface area contributed by atoms with Crippen molar-refractivity contribution in [1.29, 1.82) is 0 Å². The lowest BCUT2D eigenvalue weighted by Crippen LogP contribution is -2.20. The molecule has 1 aromatic carbocycles. The van der Waals surface area contributed by atoms with Gasteiger partial charge in [-0.1, -0.05) is 0 Å². The summed E-state index contributed by atoms with van der Waals surface area (Å²) in [6, 6.07) is 2.09. The molecule has 0 aliphatic heterocycles. The summed E-state index contributed by atoms with van der Waals surface area (Å²) in [4.78, 5) is 9.97. The molecule has 0 saturated heterocycles. The Morgan fingerprint density at radius 1 is 1.59 bits per heavy atom. The summed E-state index contributed by atoms with van der Waals surface area (Å²) in [5.74, 6) is -0.506. The largest absolute Gasteiger partial charge is 0.500 e. The van der Waals surface area contributed by atoms with Crippen LogP contribution in [0.3, 0.4) is 0 Å². The first-order valence-corrected chi connectivity index (χ1v) is 4.52. The molecule has 0 aromatic heterocycles. The molecule has 17 heavy (non-hydrogen) atoms. The molecule has 0 amide bonds. The maximum atomic E-state index is 10.7. The Morgan fingerprint density at radius 3 is 2.59 bits per heavy atom. The second kappa shape index (κ2) is 6.24. The van der Waals surface area contributed by atoms with Gasteiger partial charge in [-0.25, -0.2) is 0 Å². The van der Waals surface area contributed by atoms with E-state index in [4.69, 9.17) is 16.2 Å². The van der Waals surface area contributed by atoms with Crippen molar-refractivity contribution in [2.75, 3.05) is 13.7 Å². The number of phenols is 1. The van der Waals surface area contributed by atoms with Crippen molar-refractivity contribution in [2.24, 2.45) is 11.5 Å². The van der Waals surface area contributed by atoms with Gasteiger partial charge in [0.25, 0.3) is 0 Å². The summed E-state index contributed by atoms with van der Waals surface area (Å²) < 4.78 is 4.82. The Balaban J connectivity index is 0.00000256. The van der Waals surface area contributed by atoms with Crippen molar-refractivity contribution in [1.82, 2.24) is 0 Å². The molecule has 1 aromatic rings. The molecule has 1 rings (SSSR count). The Labute approximate surface area is 104 Å². The SMILES string of the molecule is COc1cc([C@@H](N)CN)cc([N+](=O)[O-])c1O.Cl. The highest BCUT2D eigenvalue weighted by molar-refractivity contribution is 5.85. The third-order valence-corrected chi connectivity index (χ3v) is 2.18. The predicted octanol–water partition coefficient (Wildman–Crippen LogP) is 0.689. The van der Waals surface area contributed by atoms with Gasteiger partial charge in [0.05, 0.1) is 12.0 Å². The van der Waals surface area contributed by atoms with Crippen LogP contribution in [0.4, 0.5) is 5.69 Å². The van der Waals surface area contributed by atoms with Gasteiger partial charge in [0.15, 0.2) is 5.75 Å². The molecule has 0 aliphatic rings. The van der Waals surface area contributed by atoms with E-state index in [1.807, 2.05) is 0 Å². The first kappa shape index (κ1) is 15.4. The lowest BCUT2D eigenvalue weighted by atomic mass is 10.1. The molecular weight excluding hydrogens is 250 g/mol. The molecule has 0 spiro atoms. The molecule has 7 nitrogen and oxygen atoms in total. The van der Waals surface area contributed by atoms with Gasteiger partial charge in [-0.3, -0.25) is 10.1 Å². The van der Waals surface area contributed by atoms with Crippen molar-refractivity contribution in [3.63, 3.8) is 0 Å². The second-order valence-electron chi connectivity index (χ2n) is 3.19. The van der Waals surface area contributed by atoms with Crippen molar-refractivity contribution < 1.29 is 14.8 Å². The number of nitrogens with two attached hydrogens (primary N) is 2. The fraction of sp³-hybridized carbons (Fsp3) is 0.333. The lowest BCUT2D eigenvalue weighted by Gasteiger charge is -2.11. The monoisotopic (exact) mass is 263 g/mol. The number of nitro benzene ring substituents is 1. The van der Waals surface area contributed by atoms with E-state index < -0.39 is 22.4 Å². The van der Waals surface area contributed by atoms with Gasteiger partial charge in [0.1, 0.15) is 0 Å². The summed E-state index contributed by atoms with van der Waals surface area (Å²) in [7, 11) is 1.30. The van der Waals surface area contributed by atoms with Crippen LogP contribution in [0.15, 0.2) is 12.1 Å².